The van der Waals surface area contributed by atoms with Gasteiger partial charge in [-0.15, -0.1) is 10.2 Å². The number of carbonyl (C=O) groups is 1. The number of nitrogens with one attached hydrogen (secondary N) is 1. The van der Waals surface area contributed by atoms with Crippen LogP contribution in [0.4, 0.5) is 17.6 Å². The monoisotopic (exact) mass is 476 g/mol. The average Bonchev–Trinajstić information content (AvgIpc) is 3.17. The highest BCUT2D eigenvalue weighted by Crippen LogP contribution is 2.35. The molecule has 1 saturated heterocycles. The molecule has 0 saturated carbocycles. The Bertz CT molecular complexity index is 982. The van der Waals surface area contributed by atoms with Crippen LogP contribution in [0, 0.1) is 5.82 Å². The van der Waals surface area contributed by atoms with E-state index < -0.39 is 24.4 Å². The summed E-state index contributed by atoms with van der Waals surface area (Å²) in [4.78, 5) is 13.2. The molecule has 1 aromatic heterocycles. The third kappa shape index (κ3) is 6.42. The molecule has 7 nitrogen and oxygen atoms in total. The zero-order valence-corrected chi connectivity index (χ0v) is 17.8. The first-order valence-corrected chi connectivity index (χ1v) is 10.1. The van der Waals surface area contributed by atoms with Gasteiger partial charge < -0.3 is 14.5 Å². The zero-order chi connectivity index (χ0) is 23.5. The van der Waals surface area contributed by atoms with Crippen LogP contribution < -0.4 is 10.1 Å². The van der Waals surface area contributed by atoms with E-state index in [1.54, 1.807) is 6.92 Å². The van der Waals surface area contributed by atoms with E-state index in [9.17, 15) is 22.4 Å². The number of aromatic nitrogens is 2. The summed E-state index contributed by atoms with van der Waals surface area (Å²) in [6, 6.07) is 3.47. The van der Waals surface area contributed by atoms with Crippen molar-refractivity contribution in [2.24, 2.45) is 0 Å². The summed E-state index contributed by atoms with van der Waals surface area (Å²) in [5.41, 5.74) is 0.383. The fourth-order valence-electron chi connectivity index (χ4n) is 3.20. The molecule has 3 rings (SSSR count). The molecule has 2 aromatic rings. The number of halogens is 5. The Morgan fingerprint density at radius 2 is 2.16 bits per heavy atom. The maximum Gasteiger partial charge on any atom is 0.401 e. The van der Waals surface area contributed by atoms with E-state index in [0.717, 1.165) is 6.07 Å². The van der Waals surface area contributed by atoms with Crippen LogP contribution in [0.25, 0.3) is 0 Å². The van der Waals surface area contributed by atoms with E-state index >= 15 is 0 Å². The third-order valence-electron chi connectivity index (χ3n) is 4.99. The van der Waals surface area contributed by atoms with Crippen LogP contribution in [0.2, 0.25) is 5.02 Å². The molecular weight excluding hydrogens is 456 g/mol. The number of carbonyl (C=O) groups excluding carboxylic acids is 1. The summed E-state index contributed by atoms with van der Waals surface area (Å²) in [7, 11) is 0. The van der Waals surface area contributed by atoms with Crippen molar-refractivity contribution in [3.63, 3.8) is 0 Å². The SMILES string of the molecule is C=C(CCc1nnc(C2CN(CC(F)(F)F)[C@@H]2C)o1)NC(=O)COc1ccc(Cl)c(F)c1. The lowest BCUT2D eigenvalue weighted by atomic mass is 9.90. The molecule has 0 spiro atoms. The van der Waals surface area contributed by atoms with Crippen molar-refractivity contribution in [3.05, 3.63) is 53.1 Å². The van der Waals surface area contributed by atoms with E-state index in [4.69, 9.17) is 20.8 Å². The Morgan fingerprint density at radius 1 is 1.41 bits per heavy atom. The largest absolute Gasteiger partial charge is 0.484 e. The molecular formula is C20H21ClF4N4O3. The van der Waals surface area contributed by atoms with Crippen molar-refractivity contribution in [1.29, 1.82) is 0 Å². The Labute approximate surface area is 186 Å². The van der Waals surface area contributed by atoms with Gasteiger partial charge in [0.2, 0.25) is 11.8 Å². The minimum Gasteiger partial charge on any atom is -0.484 e. The molecule has 0 bridgehead atoms. The van der Waals surface area contributed by atoms with Gasteiger partial charge in [0.25, 0.3) is 5.91 Å². The second-order valence-corrected chi connectivity index (χ2v) is 7.85. The van der Waals surface area contributed by atoms with Gasteiger partial charge in [0.05, 0.1) is 17.5 Å². The number of rotatable bonds is 9. The molecule has 0 radical (unpaired) electrons. The zero-order valence-electron chi connectivity index (χ0n) is 17.1. The maximum absolute atomic E-state index is 13.4. The van der Waals surface area contributed by atoms with Gasteiger partial charge in [0.1, 0.15) is 11.6 Å². The summed E-state index contributed by atoms with van der Waals surface area (Å²) >= 11 is 5.58. The van der Waals surface area contributed by atoms with Crippen molar-refractivity contribution in [2.75, 3.05) is 19.7 Å². The first kappa shape index (κ1) is 24.0. The number of allylic oxidation sites excluding steroid dienone is 1. The van der Waals surface area contributed by atoms with Crippen LogP contribution >= 0.6 is 11.6 Å². The van der Waals surface area contributed by atoms with Crippen LogP contribution in [-0.2, 0) is 11.2 Å². The number of hydrogen-bond donors (Lipinski definition) is 1. The standard InChI is InChI=1S/C20H21ClF4N4O3/c1-11(26-17(30)9-31-13-4-5-15(21)16(22)7-13)3-6-18-27-28-19(32-18)14-8-29(12(14)2)10-20(23,24)25/h4-5,7,12,14H,1,3,6,8-10H2,2H3,(H,26,30)/t12-,14?/m1/s1. The van der Waals surface area contributed by atoms with Crippen LogP contribution in [0.15, 0.2) is 34.9 Å². The number of aryl methyl sites for hydroxylation is 1. The number of nitrogens with zero attached hydrogens (tertiary/aromatic N) is 3. The van der Waals surface area contributed by atoms with Gasteiger partial charge in [-0.1, -0.05) is 18.2 Å². The lowest BCUT2D eigenvalue weighted by molar-refractivity contribution is -0.164. The summed E-state index contributed by atoms with van der Waals surface area (Å²) < 4.78 is 61.6. The number of amides is 1. The predicted octanol–water partition coefficient (Wildman–Crippen LogP) is 3.85. The van der Waals surface area contributed by atoms with Gasteiger partial charge in [-0.3, -0.25) is 9.69 Å². The van der Waals surface area contributed by atoms with Crippen molar-refractivity contribution in [3.8, 4) is 5.75 Å². The second-order valence-electron chi connectivity index (χ2n) is 7.44. The molecule has 1 aromatic carbocycles. The Hall–Kier alpha value is -2.66. The van der Waals surface area contributed by atoms with E-state index in [-0.39, 0.29) is 35.9 Å². The highest BCUT2D eigenvalue weighted by molar-refractivity contribution is 6.30. The molecule has 1 N–H and O–H groups in total. The normalized spacial score (nSPS) is 18.8. The fraction of sp³-hybridized carbons (Fsp3) is 0.450. The van der Waals surface area contributed by atoms with E-state index in [1.807, 2.05) is 0 Å². The molecule has 12 heteroatoms. The van der Waals surface area contributed by atoms with Crippen LogP contribution in [0.3, 0.4) is 0 Å². The molecule has 1 aliphatic heterocycles. The van der Waals surface area contributed by atoms with Crippen molar-refractivity contribution in [2.45, 2.75) is 37.9 Å². The van der Waals surface area contributed by atoms with Crippen molar-refractivity contribution < 1.29 is 31.5 Å². The summed E-state index contributed by atoms with van der Waals surface area (Å²) in [6.07, 6.45) is -3.65. The number of hydrogen-bond acceptors (Lipinski definition) is 6. The quantitative estimate of drug-likeness (QED) is 0.554. The fourth-order valence-corrected chi connectivity index (χ4v) is 3.32. The molecule has 2 atom stereocenters. The smallest absolute Gasteiger partial charge is 0.401 e. The van der Waals surface area contributed by atoms with E-state index in [1.165, 1.54) is 17.0 Å². The highest BCUT2D eigenvalue weighted by atomic mass is 35.5. The maximum atomic E-state index is 13.4. The molecule has 1 aliphatic rings. The number of ether oxygens (including phenoxy) is 1. The topological polar surface area (TPSA) is 80.5 Å². The lowest BCUT2D eigenvalue weighted by Crippen LogP contribution is -2.55. The van der Waals surface area contributed by atoms with Gasteiger partial charge in [0, 0.05) is 30.8 Å². The van der Waals surface area contributed by atoms with Crippen LogP contribution in [-0.4, -0.2) is 52.9 Å². The van der Waals surface area contributed by atoms with Gasteiger partial charge in [0.15, 0.2) is 6.61 Å². The minimum absolute atomic E-state index is 0.0511. The molecule has 2 heterocycles. The molecule has 1 amide bonds. The van der Waals surface area contributed by atoms with Crippen molar-refractivity contribution in [1.82, 2.24) is 20.4 Å². The second kappa shape index (κ2) is 9.86. The van der Waals surface area contributed by atoms with Gasteiger partial charge in [-0.25, -0.2) is 4.39 Å². The third-order valence-corrected chi connectivity index (χ3v) is 5.30. The Morgan fingerprint density at radius 3 is 2.81 bits per heavy atom. The Balaban J connectivity index is 1.39. The average molecular weight is 477 g/mol. The number of benzene rings is 1. The lowest BCUT2D eigenvalue weighted by Gasteiger charge is -2.44. The summed E-state index contributed by atoms with van der Waals surface area (Å²) in [5, 5.41) is 10.3. The molecule has 0 aliphatic carbocycles. The number of alkyl halides is 3. The van der Waals surface area contributed by atoms with Gasteiger partial charge in [-0.2, -0.15) is 13.2 Å². The van der Waals surface area contributed by atoms with Gasteiger partial charge >= 0.3 is 6.18 Å². The van der Waals surface area contributed by atoms with Crippen LogP contribution in [0.1, 0.15) is 31.0 Å². The molecule has 1 fully saturated rings. The summed E-state index contributed by atoms with van der Waals surface area (Å²) in [6.45, 7) is 4.31. The number of likely N-dealkylation sites (tertiary alicyclic amines) is 1. The highest BCUT2D eigenvalue weighted by Gasteiger charge is 2.44. The Kier molecular flexibility index (Phi) is 7.40. The van der Waals surface area contributed by atoms with E-state index in [0.29, 0.717) is 30.3 Å². The molecule has 32 heavy (non-hydrogen) atoms. The summed E-state index contributed by atoms with van der Waals surface area (Å²) in [5.74, 6) is -0.641. The minimum atomic E-state index is -4.25. The van der Waals surface area contributed by atoms with Gasteiger partial charge in [-0.05, 0) is 25.5 Å². The first-order chi connectivity index (χ1) is 15.0. The van der Waals surface area contributed by atoms with Crippen LogP contribution in [0.5, 0.6) is 5.75 Å². The molecule has 174 valence electrons. The van der Waals surface area contributed by atoms with E-state index in [2.05, 4.69) is 22.1 Å². The predicted molar refractivity (Wildman–Crippen MR) is 107 cm³/mol. The van der Waals surface area contributed by atoms with Crippen molar-refractivity contribution >= 4 is 17.5 Å². The molecule has 1 unspecified atom stereocenters. The first-order valence-electron chi connectivity index (χ1n) is 9.70.